The van der Waals surface area contributed by atoms with E-state index in [2.05, 4.69) is 460 Å². The summed E-state index contributed by atoms with van der Waals surface area (Å²) in [5, 5.41) is 7.36. The minimum Gasteiger partial charge on any atom is -0.452 e. The van der Waals surface area contributed by atoms with Crippen LogP contribution in [0.25, 0.3) is 171 Å². The van der Waals surface area contributed by atoms with Gasteiger partial charge in [0.2, 0.25) is 0 Å². The van der Waals surface area contributed by atoms with Crippen molar-refractivity contribution in [2.75, 3.05) is 0 Å². The van der Waals surface area contributed by atoms with Crippen LogP contribution >= 0.6 is 0 Å². The average molecular weight is 1620 g/mol. The molecule has 0 bridgehead atoms. The molecular formula is C121H81N3O3. The SMILES string of the molecule is CC1(C)c2cc(-c3ccccc3)ccc2-c2c1cc(-c1ccccc1)c1c2Oc2cc(-c3ccccc3)cc3c4ccccc4n-1c23.CC1(C)c2cc(-c3ccccc3)ccc2-c2c1cc(-c1ccccc1)c1c2Oc2cccc3c4ccccc4n-1c23.c1ccc(C2(c3ccccc3)c3ccccc3-c3c2ccc2c3Oc3cccc4c5ccccc5n-2c34)cc1. The second kappa shape index (κ2) is 27.5. The molecule has 0 fully saturated rings. The first-order chi connectivity index (χ1) is 62.6. The predicted molar refractivity (Wildman–Crippen MR) is 522 cm³/mol. The lowest BCUT2D eigenvalue weighted by Gasteiger charge is -2.34. The van der Waals surface area contributed by atoms with Crippen molar-refractivity contribution in [1.29, 1.82) is 0 Å². The molecule has 6 aliphatic rings. The van der Waals surface area contributed by atoms with Gasteiger partial charge in [-0.1, -0.05) is 373 Å². The van der Waals surface area contributed by atoms with E-state index in [-0.39, 0.29) is 10.8 Å². The summed E-state index contributed by atoms with van der Waals surface area (Å²) in [6.45, 7) is 9.43. The highest BCUT2D eigenvalue weighted by molar-refractivity contribution is 6.17. The number of rotatable bonds is 7. The van der Waals surface area contributed by atoms with Crippen molar-refractivity contribution in [3.05, 3.63) is 463 Å². The molecule has 0 saturated carbocycles. The molecule has 19 aromatic carbocycles. The topological polar surface area (TPSA) is 42.5 Å². The largest absolute Gasteiger partial charge is 0.452 e. The van der Waals surface area contributed by atoms with Crippen LogP contribution in [0, 0.1) is 0 Å². The maximum atomic E-state index is 7.29. The highest BCUT2D eigenvalue weighted by Crippen LogP contribution is 2.65. The Bertz CT molecular complexity index is 8330. The number of hydrogen-bond donors (Lipinski definition) is 0. The summed E-state index contributed by atoms with van der Waals surface area (Å²) in [7, 11) is 0. The summed E-state index contributed by atoms with van der Waals surface area (Å²) in [5.74, 6) is 5.51. The zero-order chi connectivity index (χ0) is 84.1. The van der Waals surface area contributed by atoms with Crippen molar-refractivity contribution in [1.82, 2.24) is 13.7 Å². The van der Waals surface area contributed by atoms with E-state index >= 15 is 0 Å². The number of hydrogen-bond acceptors (Lipinski definition) is 3. The van der Waals surface area contributed by atoms with Gasteiger partial charge in [-0.15, -0.1) is 0 Å². The van der Waals surface area contributed by atoms with Crippen molar-refractivity contribution < 1.29 is 14.2 Å². The van der Waals surface area contributed by atoms with E-state index in [0.29, 0.717) is 0 Å². The molecule has 127 heavy (non-hydrogen) atoms. The molecule has 0 N–H and O–H groups in total. The molecule has 3 aromatic heterocycles. The quantitative estimate of drug-likeness (QED) is 0.160. The number of para-hydroxylation sites is 5. The van der Waals surface area contributed by atoms with E-state index in [9.17, 15) is 0 Å². The summed E-state index contributed by atoms with van der Waals surface area (Å²) in [4.78, 5) is 0. The van der Waals surface area contributed by atoms with E-state index in [4.69, 9.17) is 14.2 Å². The summed E-state index contributed by atoms with van der Waals surface area (Å²) in [6, 6.07) is 151. The molecule has 598 valence electrons. The third-order valence-electron chi connectivity index (χ3n) is 28.2. The third-order valence-corrected chi connectivity index (χ3v) is 28.2. The Morgan fingerprint density at radius 3 is 1.06 bits per heavy atom. The lowest BCUT2D eigenvalue weighted by atomic mass is 9.67. The summed E-state index contributed by atoms with van der Waals surface area (Å²) in [5.41, 5.74) is 39.1. The van der Waals surface area contributed by atoms with Gasteiger partial charge in [-0.25, -0.2) is 0 Å². The van der Waals surface area contributed by atoms with E-state index in [1.807, 2.05) is 0 Å². The van der Waals surface area contributed by atoms with Gasteiger partial charge in [-0.05, 0) is 179 Å². The monoisotopic (exact) mass is 1620 g/mol. The number of benzene rings is 19. The molecule has 0 atom stereocenters. The van der Waals surface area contributed by atoms with Crippen molar-refractivity contribution in [3.8, 4) is 141 Å². The molecule has 6 heterocycles. The summed E-state index contributed by atoms with van der Waals surface area (Å²) >= 11 is 0. The number of nitrogens with zero attached hydrogens (tertiary/aromatic N) is 3. The van der Waals surface area contributed by atoms with E-state index < -0.39 is 5.41 Å². The minimum atomic E-state index is -0.447. The average Bonchev–Trinajstić information content (AvgIpc) is 1.53. The zero-order valence-corrected chi connectivity index (χ0v) is 70.4. The van der Waals surface area contributed by atoms with Gasteiger partial charge in [0.15, 0.2) is 34.5 Å². The van der Waals surface area contributed by atoms with E-state index in [0.717, 1.165) is 73.7 Å². The van der Waals surface area contributed by atoms with Crippen LogP contribution in [0.5, 0.6) is 34.5 Å². The third kappa shape index (κ3) is 10.4. The number of ether oxygens (including phenoxy) is 3. The maximum Gasteiger partial charge on any atom is 0.160 e. The fraction of sp³-hybridized carbons (Fsp3) is 0.0579. The van der Waals surface area contributed by atoms with Crippen LogP contribution < -0.4 is 14.2 Å². The van der Waals surface area contributed by atoms with Crippen molar-refractivity contribution in [2.45, 2.75) is 43.9 Å². The Balaban J connectivity index is 0.000000102. The smallest absolute Gasteiger partial charge is 0.160 e. The molecule has 3 aliphatic heterocycles. The van der Waals surface area contributed by atoms with Crippen molar-refractivity contribution >= 4 is 65.4 Å². The normalized spacial score (nSPS) is 13.9. The van der Waals surface area contributed by atoms with Crippen LogP contribution in [0.4, 0.5) is 0 Å². The van der Waals surface area contributed by atoms with Crippen LogP contribution in [0.15, 0.2) is 419 Å². The molecule has 0 spiro atoms. The summed E-state index contributed by atoms with van der Waals surface area (Å²) < 4.78 is 28.6. The molecule has 0 amide bonds. The van der Waals surface area contributed by atoms with Crippen molar-refractivity contribution in [2.24, 2.45) is 0 Å². The standard InChI is InChI=1S/C45H31NO.C39H27NO.C37H23NO/c1-45(2)37-25-31(28-14-6-3-7-15-28)22-23-34(37)41-38(45)27-35(30-18-10-5-11-19-30)43-44(41)47-40-26-32(29-16-8-4-9-17-29)24-36-33-20-12-13-21-39(33)46(43)42(36)40;1-39(2)31-22-26(24-12-5-3-6-13-24)20-21-29(31)35-32(39)23-30(25-14-7-4-8-15-25)37-38(35)41-34-19-11-17-28-27-16-9-10-18-33(27)40(37)36(28)34;1-3-12-24(13-4-1)37(25-14-5-2-6-15-25)29-19-9-7-17-28(29)34-30(37)22-23-32-36(34)39-33-21-11-18-27-26-16-8-10-20-31(26)38(32)35(27)33/h3-27H,1-2H3;3-23H,1-2H3;1-23H. The molecule has 22 aromatic rings. The van der Waals surface area contributed by atoms with Gasteiger partial charge in [0.1, 0.15) is 0 Å². The lowest BCUT2D eigenvalue weighted by molar-refractivity contribution is 0.477. The lowest BCUT2D eigenvalue weighted by Crippen LogP contribution is -2.28. The maximum absolute atomic E-state index is 7.29. The first-order valence-electron chi connectivity index (χ1n) is 44.1. The molecule has 3 aliphatic carbocycles. The second-order valence-corrected chi connectivity index (χ2v) is 35.6. The fourth-order valence-corrected chi connectivity index (χ4v) is 22.5. The highest BCUT2D eigenvalue weighted by atomic mass is 16.5. The molecule has 6 heteroatoms. The van der Waals surface area contributed by atoms with Gasteiger partial charge in [0.25, 0.3) is 0 Å². The Kier molecular flexibility index (Phi) is 15.7. The molecule has 0 saturated heterocycles. The van der Waals surface area contributed by atoms with Crippen LogP contribution in [-0.4, -0.2) is 13.7 Å². The minimum absolute atomic E-state index is 0.192. The molecular weight excluding hydrogens is 1540 g/mol. The Hall–Kier alpha value is -16.0. The van der Waals surface area contributed by atoms with Gasteiger partial charge in [-0.2, -0.15) is 0 Å². The number of fused-ring (bicyclic) bond motifs is 27. The van der Waals surface area contributed by atoms with Crippen LogP contribution in [-0.2, 0) is 16.2 Å². The summed E-state index contributed by atoms with van der Waals surface area (Å²) in [6.07, 6.45) is 0. The van der Waals surface area contributed by atoms with Crippen LogP contribution in [0.3, 0.4) is 0 Å². The van der Waals surface area contributed by atoms with Gasteiger partial charge in [0.05, 0.1) is 55.6 Å². The number of aromatic nitrogens is 3. The van der Waals surface area contributed by atoms with Gasteiger partial charge in [-0.3, -0.25) is 0 Å². The van der Waals surface area contributed by atoms with Gasteiger partial charge >= 0.3 is 0 Å². The Labute approximate surface area is 736 Å². The molecule has 28 rings (SSSR count). The van der Waals surface area contributed by atoms with Crippen molar-refractivity contribution in [3.63, 3.8) is 0 Å². The second-order valence-electron chi connectivity index (χ2n) is 35.6. The van der Waals surface area contributed by atoms with E-state index in [1.165, 1.54) is 177 Å². The fourth-order valence-electron chi connectivity index (χ4n) is 22.5. The van der Waals surface area contributed by atoms with Crippen LogP contribution in [0.2, 0.25) is 0 Å². The Morgan fingerprint density at radius 1 is 0.205 bits per heavy atom. The Morgan fingerprint density at radius 2 is 0.567 bits per heavy atom. The molecule has 6 nitrogen and oxygen atoms in total. The highest BCUT2D eigenvalue weighted by Gasteiger charge is 2.50. The van der Waals surface area contributed by atoms with E-state index in [1.54, 1.807) is 0 Å². The first-order valence-corrected chi connectivity index (χ1v) is 44.1. The van der Waals surface area contributed by atoms with Crippen LogP contribution in [0.1, 0.15) is 72.2 Å². The molecule has 0 unspecified atom stereocenters. The van der Waals surface area contributed by atoms with Gasteiger partial charge in [0, 0.05) is 71.0 Å². The first kappa shape index (κ1) is 72.6. The zero-order valence-electron chi connectivity index (χ0n) is 70.4. The predicted octanol–water partition coefficient (Wildman–Crippen LogP) is 32.0. The van der Waals surface area contributed by atoms with Gasteiger partial charge < -0.3 is 27.9 Å². The molecule has 0 radical (unpaired) electrons.